The summed E-state index contributed by atoms with van der Waals surface area (Å²) in [5.74, 6) is 1.33. The molecule has 0 nitrogen and oxygen atoms in total. The molecule has 4 rings (SSSR count). The lowest BCUT2D eigenvalue weighted by Crippen LogP contribution is -2.13. The van der Waals surface area contributed by atoms with Gasteiger partial charge in [0, 0.05) is 5.56 Å². The summed E-state index contributed by atoms with van der Waals surface area (Å²) >= 11 is 0. The average molecular weight is 443 g/mol. The van der Waals surface area contributed by atoms with Crippen molar-refractivity contribution < 1.29 is 4.39 Å². The van der Waals surface area contributed by atoms with Crippen LogP contribution in [0.5, 0.6) is 0 Å². The zero-order valence-electron chi connectivity index (χ0n) is 20.5. The van der Waals surface area contributed by atoms with Crippen LogP contribution in [0.15, 0.2) is 66.7 Å². The lowest BCUT2D eigenvalue weighted by Gasteiger charge is -2.28. The van der Waals surface area contributed by atoms with Gasteiger partial charge in [0.1, 0.15) is 5.82 Å². The predicted molar refractivity (Wildman–Crippen MR) is 139 cm³/mol. The van der Waals surface area contributed by atoms with Crippen molar-refractivity contribution in [2.75, 3.05) is 0 Å². The molecule has 3 aromatic rings. The van der Waals surface area contributed by atoms with Crippen LogP contribution in [0.1, 0.15) is 87.0 Å². The highest BCUT2D eigenvalue weighted by atomic mass is 19.1. The number of rotatable bonds is 9. The SMILES string of the molecule is CCCc1ccc(CCc2ccc(-c3ccc(C4CCC(CCC)CC4)cc3F)cc2)cc1. The van der Waals surface area contributed by atoms with Crippen LogP contribution in [-0.4, -0.2) is 0 Å². The first-order valence-electron chi connectivity index (χ1n) is 13.1. The summed E-state index contributed by atoms with van der Waals surface area (Å²) in [7, 11) is 0. The highest BCUT2D eigenvalue weighted by molar-refractivity contribution is 5.65. The first kappa shape index (κ1) is 23.7. The molecule has 0 radical (unpaired) electrons. The van der Waals surface area contributed by atoms with Crippen LogP contribution in [0.3, 0.4) is 0 Å². The van der Waals surface area contributed by atoms with E-state index in [-0.39, 0.29) is 5.82 Å². The largest absolute Gasteiger partial charge is 0.206 e. The van der Waals surface area contributed by atoms with Gasteiger partial charge in [-0.1, -0.05) is 93.8 Å². The van der Waals surface area contributed by atoms with Crippen molar-refractivity contribution in [1.82, 2.24) is 0 Å². The topological polar surface area (TPSA) is 0 Å². The molecule has 0 N–H and O–H groups in total. The molecule has 0 atom stereocenters. The maximum Gasteiger partial charge on any atom is 0.131 e. The molecule has 0 bridgehead atoms. The second kappa shape index (κ2) is 11.6. The van der Waals surface area contributed by atoms with Crippen LogP contribution in [0.2, 0.25) is 0 Å². The fraction of sp³-hybridized carbons (Fsp3) is 0.438. The van der Waals surface area contributed by atoms with Gasteiger partial charge < -0.3 is 0 Å². The van der Waals surface area contributed by atoms with Crippen molar-refractivity contribution >= 4 is 0 Å². The Balaban J connectivity index is 1.35. The molecule has 0 saturated heterocycles. The van der Waals surface area contributed by atoms with Crippen molar-refractivity contribution in [3.05, 3.63) is 94.8 Å². The second-order valence-corrected chi connectivity index (χ2v) is 10.0. The van der Waals surface area contributed by atoms with Crippen LogP contribution < -0.4 is 0 Å². The third-order valence-corrected chi connectivity index (χ3v) is 7.54. The average Bonchev–Trinajstić information content (AvgIpc) is 2.85. The zero-order valence-corrected chi connectivity index (χ0v) is 20.5. The highest BCUT2D eigenvalue weighted by Crippen LogP contribution is 2.38. The summed E-state index contributed by atoms with van der Waals surface area (Å²) in [5.41, 5.74) is 6.98. The molecular formula is C32H39F. The Labute approximate surface area is 200 Å². The Bertz CT molecular complexity index is 992. The van der Waals surface area contributed by atoms with E-state index in [1.807, 2.05) is 6.07 Å². The van der Waals surface area contributed by atoms with Crippen LogP contribution in [0, 0.1) is 11.7 Å². The summed E-state index contributed by atoms with van der Waals surface area (Å²) in [6.45, 7) is 4.50. The van der Waals surface area contributed by atoms with E-state index in [9.17, 15) is 0 Å². The molecule has 0 heterocycles. The number of hydrogen-bond acceptors (Lipinski definition) is 0. The minimum absolute atomic E-state index is 0.0805. The summed E-state index contributed by atoms with van der Waals surface area (Å²) in [4.78, 5) is 0. The van der Waals surface area contributed by atoms with Crippen LogP contribution in [0.4, 0.5) is 4.39 Å². The minimum Gasteiger partial charge on any atom is -0.206 e. The predicted octanol–water partition coefficient (Wildman–Crippen LogP) is 9.30. The van der Waals surface area contributed by atoms with E-state index in [0.717, 1.165) is 36.3 Å². The molecule has 1 heteroatoms. The van der Waals surface area contributed by atoms with Crippen molar-refractivity contribution in [3.8, 4) is 11.1 Å². The molecule has 33 heavy (non-hydrogen) atoms. The van der Waals surface area contributed by atoms with Gasteiger partial charge in [0.25, 0.3) is 0 Å². The van der Waals surface area contributed by atoms with Crippen molar-refractivity contribution in [3.63, 3.8) is 0 Å². The minimum atomic E-state index is -0.0805. The molecule has 0 spiro atoms. The molecule has 0 unspecified atom stereocenters. The fourth-order valence-corrected chi connectivity index (χ4v) is 5.51. The van der Waals surface area contributed by atoms with Crippen molar-refractivity contribution in [2.24, 2.45) is 5.92 Å². The normalized spacial score (nSPS) is 18.4. The third-order valence-electron chi connectivity index (χ3n) is 7.54. The molecule has 1 saturated carbocycles. The first-order chi connectivity index (χ1) is 16.2. The van der Waals surface area contributed by atoms with Crippen LogP contribution >= 0.6 is 0 Å². The molecule has 1 aliphatic carbocycles. The number of hydrogen-bond donors (Lipinski definition) is 0. The summed E-state index contributed by atoms with van der Waals surface area (Å²) in [5, 5.41) is 0. The van der Waals surface area contributed by atoms with E-state index >= 15 is 4.39 Å². The Morgan fingerprint density at radius 2 is 1.24 bits per heavy atom. The van der Waals surface area contributed by atoms with Crippen molar-refractivity contribution in [1.29, 1.82) is 0 Å². The Kier molecular flexibility index (Phi) is 8.37. The summed E-state index contributed by atoms with van der Waals surface area (Å²) in [6, 6.07) is 23.5. The van der Waals surface area contributed by atoms with Gasteiger partial charge in [0.05, 0.1) is 0 Å². The van der Waals surface area contributed by atoms with Gasteiger partial charge in [-0.25, -0.2) is 4.39 Å². The van der Waals surface area contributed by atoms with Gasteiger partial charge in [-0.3, -0.25) is 0 Å². The summed E-state index contributed by atoms with van der Waals surface area (Å²) in [6.07, 6.45) is 12.0. The van der Waals surface area contributed by atoms with Crippen molar-refractivity contribution in [2.45, 2.75) is 84.0 Å². The van der Waals surface area contributed by atoms with Gasteiger partial charge in [-0.05, 0) is 90.7 Å². The highest BCUT2D eigenvalue weighted by Gasteiger charge is 2.22. The zero-order chi connectivity index (χ0) is 23.0. The van der Waals surface area contributed by atoms with Gasteiger partial charge >= 0.3 is 0 Å². The molecule has 174 valence electrons. The number of aryl methyl sites for hydroxylation is 3. The van der Waals surface area contributed by atoms with Crippen LogP contribution in [-0.2, 0) is 19.3 Å². The molecule has 1 fully saturated rings. The van der Waals surface area contributed by atoms with E-state index in [0.29, 0.717) is 5.92 Å². The molecule has 3 aromatic carbocycles. The lowest BCUT2D eigenvalue weighted by atomic mass is 9.77. The maximum atomic E-state index is 15.0. The maximum absolute atomic E-state index is 15.0. The van der Waals surface area contributed by atoms with E-state index in [1.54, 1.807) is 6.07 Å². The lowest BCUT2D eigenvalue weighted by molar-refractivity contribution is 0.308. The van der Waals surface area contributed by atoms with E-state index in [4.69, 9.17) is 0 Å². The molecule has 0 amide bonds. The molecule has 0 aromatic heterocycles. The Morgan fingerprint density at radius 1 is 0.667 bits per heavy atom. The van der Waals surface area contributed by atoms with Gasteiger partial charge in [0.2, 0.25) is 0 Å². The fourth-order valence-electron chi connectivity index (χ4n) is 5.51. The Hall–Kier alpha value is -2.41. The number of halogens is 1. The van der Waals surface area contributed by atoms with Gasteiger partial charge in [-0.15, -0.1) is 0 Å². The molecular weight excluding hydrogens is 403 g/mol. The molecule has 0 aliphatic heterocycles. The third kappa shape index (κ3) is 6.34. The Morgan fingerprint density at radius 3 is 1.79 bits per heavy atom. The standard InChI is InChI=1S/C32H39F/c1-3-5-24-7-9-26(10-8-24)11-12-27-15-19-29(20-16-27)31-22-21-30(23-32(31)33)28-17-13-25(6-4-2)14-18-28/h7-10,15-16,19-23,25,28H,3-6,11-14,17-18H2,1-2H3. The molecule has 1 aliphatic rings. The second-order valence-electron chi connectivity index (χ2n) is 10.0. The van der Waals surface area contributed by atoms with Crippen LogP contribution in [0.25, 0.3) is 11.1 Å². The summed E-state index contributed by atoms with van der Waals surface area (Å²) < 4.78 is 15.0. The van der Waals surface area contributed by atoms with Gasteiger partial charge in [0.15, 0.2) is 0 Å². The number of benzene rings is 3. The van der Waals surface area contributed by atoms with E-state index < -0.39 is 0 Å². The smallest absolute Gasteiger partial charge is 0.131 e. The van der Waals surface area contributed by atoms with E-state index in [2.05, 4.69) is 68.4 Å². The van der Waals surface area contributed by atoms with E-state index in [1.165, 1.54) is 67.2 Å². The first-order valence-corrected chi connectivity index (χ1v) is 13.1. The quantitative estimate of drug-likeness (QED) is 0.310. The monoisotopic (exact) mass is 442 g/mol. The van der Waals surface area contributed by atoms with Gasteiger partial charge in [-0.2, -0.15) is 0 Å².